The van der Waals surface area contributed by atoms with E-state index in [-0.39, 0.29) is 5.69 Å². The summed E-state index contributed by atoms with van der Waals surface area (Å²) in [6.07, 6.45) is 3.22. The average Bonchev–Trinajstić information content (AvgIpc) is 2.96. The predicted octanol–water partition coefficient (Wildman–Crippen LogP) is 3.99. The maximum Gasteiger partial charge on any atom is 0.330 e. The van der Waals surface area contributed by atoms with Crippen LogP contribution < -0.4 is 5.69 Å². The third-order valence-electron chi connectivity index (χ3n) is 4.20. The van der Waals surface area contributed by atoms with E-state index in [2.05, 4.69) is 16.0 Å². The van der Waals surface area contributed by atoms with Crippen LogP contribution in [0.25, 0.3) is 17.1 Å². The largest absolute Gasteiger partial charge is 0.330 e. The van der Waals surface area contributed by atoms with Crippen molar-refractivity contribution in [2.24, 2.45) is 0 Å². The topological polar surface area (TPSA) is 74.5 Å². The van der Waals surface area contributed by atoms with Crippen LogP contribution in [0, 0.1) is 18.3 Å². The first-order chi connectivity index (χ1) is 11.8. The van der Waals surface area contributed by atoms with E-state index in [4.69, 9.17) is 11.6 Å². The van der Waals surface area contributed by atoms with E-state index in [1.165, 1.54) is 0 Å². The van der Waals surface area contributed by atoms with Crippen LogP contribution in [0.5, 0.6) is 0 Å². The summed E-state index contributed by atoms with van der Waals surface area (Å²) in [5.41, 5.74) is 2.92. The molecule has 5 nitrogen and oxygen atoms in total. The maximum atomic E-state index is 12.4. The molecule has 0 saturated carbocycles. The number of hydrogen-bond donors (Lipinski definition) is 1. The smallest absolute Gasteiger partial charge is 0.312 e. The average molecular weight is 353 g/mol. The Labute approximate surface area is 150 Å². The lowest BCUT2D eigenvalue weighted by atomic mass is 9.85. The molecule has 126 valence electrons. The lowest BCUT2D eigenvalue weighted by Crippen LogP contribution is -2.18. The highest BCUT2D eigenvalue weighted by atomic mass is 35.5. The first-order valence-corrected chi connectivity index (χ1v) is 8.16. The number of aromatic amines is 1. The number of nitrogens with zero attached hydrogens (tertiary/aromatic N) is 3. The Hall–Kier alpha value is -2.84. The van der Waals surface area contributed by atoms with Crippen molar-refractivity contribution in [3.05, 3.63) is 69.4 Å². The molecule has 0 bridgehead atoms. The molecule has 6 heteroatoms. The van der Waals surface area contributed by atoms with E-state index in [1.807, 2.05) is 39.0 Å². The Morgan fingerprint density at radius 2 is 2.04 bits per heavy atom. The first-order valence-electron chi connectivity index (χ1n) is 7.78. The summed E-state index contributed by atoms with van der Waals surface area (Å²) in [5.74, 6) is 0. The van der Waals surface area contributed by atoms with Gasteiger partial charge in [-0.25, -0.2) is 4.79 Å². The number of hydrogen-bond acceptors (Lipinski definition) is 3. The van der Waals surface area contributed by atoms with Crippen LogP contribution in [0.3, 0.4) is 0 Å². The molecule has 0 amide bonds. The van der Waals surface area contributed by atoms with E-state index in [0.29, 0.717) is 16.4 Å². The van der Waals surface area contributed by atoms with Gasteiger partial charge in [0.05, 0.1) is 28.6 Å². The van der Waals surface area contributed by atoms with E-state index >= 15 is 0 Å². The van der Waals surface area contributed by atoms with E-state index in [9.17, 15) is 10.1 Å². The number of halogens is 1. The van der Waals surface area contributed by atoms with Gasteiger partial charge in [0.15, 0.2) is 0 Å². The standard InChI is InChI=1S/C19H17ClN4O/c1-12-8-13(19(2,3)11-21)4-5-16(12)24-17(10-23-18(24)25)15-9-14(20)6-7-22-15/h4-10H,1-3H3,(H,23,25). The zero-order chi connectivity index (χ0) is 18.2. The van der Waals surface area contributed by atoms with Gasteiger partial charge in [0.2, 0.25) is 0 Å². The Morgan fingerprint density at radius 3 is 2.68 bits per heavy atom. The second-order valence-corrected chi connectivity index (χ2v) is 6.85. The summed E-state index contributed by atoms with van der Waals surface area (Å²) in [4.78, 5) is 19.4. The van der Waals surface area contributed by atoms with Crippen molar-refractivity contribution in [1.82, 2.24) is 14.5 Å². The second-order valence-electron chi connectivity index (χ2n) is 6.41. The normalized spacial score (nSPS) is 11.3. The highest BCUT2D eigenvalue weighted by Crippen LogP contribution is 2.28. The molecule has 0 fully saturated rings. The summed E-state index contributed by atoms with van der Waals surface area (Å²) in [7, 11) is 0. The molecule has 2 aromatic heterocycles. The molecule has 0 unspecified atom stereocenters. The fourth-order valence-electron chi connectivity index (χ4n) is 2.70. The number of H-pyrrole nitrogens is 1. The Balaban J connectivity index is 2.17. The highest BCUT2D eigenvalue weighted by Gasteiger charge is 2.21. The Bertz CT molecular complexity index is 1040. The van der Waals surface area contributed by atoms with Crippen molar-refractivity contribution in [3.63, 3.8) is 0 Å². The van der Waals surface area contributed by atoms with Crippen molar-refractivity contribution in [2.75, 3.05) is 0 Å². The van der Waals surface area contributed by atoms with Crippen molar-refractivity contribution in [2.45, 2.75) is 26.2 Å². The summed E-state index contributed by atoms with van der Waals surface area (Å²) < 4.78 is 1.57. The fraction of sp³-hybridized carbons (Fsp3) is 0.211. The quantitative estimate of drug-likeness (QED) is 0.774. The molecule has 0 atom stereocenters. The van der Waals surface area contributed by atoms with Crippen molar-refractivity contribution >= 4 is 11.6 Å². The van der Waals surface area contributed by atoms with Crippen LogP contribution >= 0.6 is 11.6 Å². The zero-order valence-electron chi connectivity index (χ0n) is 14.2. The van der Waals surface area contributed by atoms with Gasteiger partial charge in [0.25, 0.3) is 0 Å². The molecule has 0 radical (unpaired) electrons. The van der Waals surface area contributed by atoms with Crippen LogP contribution in [0.15, 0.2) is 47.5 Å². The number of benzene rings is 1. The SMILES string of the molecule is Cc1cc(C(C)(C)C#N)ccc1-n1c(-c2cc(Cl)ccn2)c[nH]c1=O. The molecule has 0 saturated heterocycles. The number of nitriles is 1. The van der Waals surface area contributed by atoms with Gasteiger partial charge in [-0.2, -0.15) is 5.26 Å². The molecule has 2 heterocycles. The van der Waals surface area contributed by atoms with E-state index < -0.39 is 5.41 Å². The summed E-state index contributed by atoms with van der Waals surface area (Å²) in [6, 6.07) is 11.4. The predicted molar refractivity (Wildman–Crippen MR) is 98.0 cm³/mol. The Kier molecular flexibility index (Phi) is 4.23. The van der Waals surface area contributed by atoms with Gasteiger partial charge in [0, 0.05) is 17.4 Å². The van der Waals surface area contributed by atoms with Crippen LogP contribution in [0.4, 0.5) is 0 Å². The molecule has 1 aromatic carbocycles. The monoisotopic (exact) mass is 352 g/mol. The minimum atomic E-state index is -0.594. The van der Waals surface area contributed by atoms with Crippen LogP contribution in [0.1, 0.15) is 25.0 Å². The lowest BCUT2D eigenvalue weighted by molar-refractivity contribution is 0.685. The minimum absolute atomic E-state index is 0.257. The zero-order valence-corrected chi connectivity index (χ0v) is 14.9. The molecule has 0 aliphatic rings. The van der Waals surface area contributed by atoms with Gasteiger partial charge in [-0.05, 0) is 50.1 Å². The van der Waals surface area contributed by atoms with Crippen LogP contribution in [0.2, 0.25) is 5.02 Å². The van der Waals surface area contributed by atoms with Crippen LogP contribution in [-0.2, 0) is 5.41 Å². The molecule has 0 aliphatic carbocycles. The van der Waals surface area contributed by atoms with Crippen molar-refractivity contribution in [3.8, 4) is 23.1 Å². The molecular weight excluding hydrogens is 336 g/mol. The highest BCUT2D eigenvalue weighted by molar-refractivity contribution is 6.30. The number of aromatic nitrogens is 3. The third kappa shape index (κ3) is 3.09. The molecule has 0 aliphatic heterocycles. The van der Waals surface area contributed by atoms with E-state index in [1.54, 1.807) is 29.1 Å². The summed E-state index contributed by atoms with van der Waals surface area (Å²) >= 11 is 6.05. The molecule has 3 rings (SSSR count). The third-order valence-corrected chi connectivity index (χ3v) is 4.43. The van der Waals surface area contributed by atoms with Gasteiger partial charge >= 0.3 is 5.69 Å². The number of rotatable bonds is 3. The number of nitrogens with one attached hydrogen (secondary N) is 1. The van der Waals surface area contributed by atoms with Gasteiger partial charge in [-0.3, -0.25) is 9.55 Å². The number of pyridine rings is 1. The van der Waals surface area contributed by atoms with Gasteiger partial charge in [-0.15, -0.1) is 0 Å². The minimum Gasteiger partial charge on any atom is -0.312 e. The van der Waals surface area contributed by atoms with Gasteiger partial charge in [0.1, 0.15) is 0 Å². The molecule has 0 spiro atoms. The van der Waals surface area contributed by atoms with Crippen LogP contribution in [-0.4, -0.2) is 14.5 Å². The molecule has 25 heavy (non-hydrogen) atoms. The van der Waals surface area contributed by atoms with E-state index in [0.717, 1.165) is 16.8 Å². The second kappa shape index (κ2) is 6.23. The summed E-state index contributed by atoms with van der Waals surface area (Å²) in [6.45, 7) is 5.65. The lowest BCUT2D eigenvalue weighted by Gasteiger charge is -2.18. The summed E-state index contributed by atoms with van der Waals surface area (Å²) in [5, 5.41) is 9.87. The fourth-order valence-corrected chi connectivity index (χ4v) is 2.86. The first kappa shape index (κ1) is 17.0. The molecule has 3 aromatic rings. The van der Waals surface area contributed by atoms with Gasteiger partial charge in [-0.1, -0.05) is 23.7 Å². The number of imidazole rings is 1. The molecule has 1 N–H and O–H groups in total. The molecular formula is C19H17ClN4O. The van der Waals surface area contributed by atoms with Gasteiger partial charge < -0.3 is 4.98 Å². The van der Waals surface area contributed by atoms with Crippen molar-refractivity contribution in [1.29, 1.82) is 5.26 Å². The maximum absolute atomic E-state index is 12.4. The number of aryl methyl sites for hydroxylation is 1. The van der Waals surface area contributed by atoms with Crippen molar-refractivity contribution < 1.29 is 0 Å². The Morgan fingerprint density at radius 1 is 1.28 bits per heavy atom.